The van der Waals surface area contributed by atoms with Crippen LogP contribution in [0.2, 0.25) is 0 Å². The molecule has 3 aromatic carbocycles. The highest BCUT2D eigenvalue weighted by Gasteiger charge is 2.00. The standard InChI is InChI=1S/C17H15BrN2/c18-15-7-8-17(16(19)10-15)20-11-12-5-6-13-3-1-2-4-14(13)9-12/h1-10,20H,11,19H2. The zero-order valence-electron chi connectivity index (χ0n) is 10.9. The number of hydrogen-bond donors (Lipinski definition) is 2. The summed E-state index contributed by atoms with van der Waals surface area (Å²) in [5, 5.41) is 5.90. The van der Waals surface area contributed by atoms with Crippen LogP contribution < -0.4 is 11.1 Å². The third-order valence-corrected chi connectivity index (χ3v) is 3.80. The van der Waals surface area contributed by atoms with Gasteiger partial charge in [0.25, 0.3) is 0 Å². The summed E-state index contributed by atoms with van der Waals surface area (Å²) in [4.78, 5) is 0. The number of nitrogens with one attached hydrogen (secondary N) is 1. The molecule has 0 aliphatic heterocycles. The third kappa shape index (κ3) is 2.78. The van der Waals surface area contributed by atoms with Gasteiger partial charge in [0, 0.05) is 11.0 Å². The first-order valence-electron chi connectivity index (χ1n) is 6.49. The van der Waals surface area contributed by atoms with Crippen molar-refractivity contribution in [3.8, 4) is 0 Å². The van der Waals surface area contributed by atoms with Crippen LogP contribution in [-0.4, -0.2) is 0 Å². The van der Waals surface area contributed by atoms with Gasteiger partial charge in [0.05, 0.1) is 11.4 Å². The molecule has 100 valence electrons. The van der Waals surface area contributed by atoms with Crippen LogP contribution in [0.1, 0.15) is 5.56 Å². The van der Waals surface area contributed by atoms with Crippen molar-refractivity contribution in [1.82, 2.24) is 0 Å². The lowest BCUT2D eigenvalue weighted by Gasteiger charge is -2.10. The van der Waals surface area contributed by atoms with E-state index >= 15 is 0 Å². The van der Waals surface area contributed by atoms with Gasteiger partial charge in [0.1, 0.15) is 0 Å². The zero-order chi connectivity index (χ0) is 13.9. The summed E-state index contributed by atoms with van der Waals surface area (Å²) in [5.41, 5.74) is 8.94. The van der Waals surface area contributed by atoms with E-state index in [1.807, 2.05) is 18.2 Å². The molecule has 0 aliphatic carbocycles. The molecular formula is C17H15BrN2. The summed E-state index contributed by atoms with van der Waals surface area (Å²) >= 11 is 3.41. The van der Waals surface area contributed by atoms with E-state index in [9.17, 15) is 0 Å². The number of halogens is 1. The molecule has 0 amide bonds. The Morgan fingerprint density at radius 3 is 2.50 bits per heavy atom. The fourth-order valence-corrected chi connectivity index (χ4v) is 2.62. The van der Waals surface area contributed by atoms with Crippen molar-refractivity contribution >= 4 is 38.1 Å². The SMILES string of the molecule is Nc1cc(Br)ccc1NCc1ccc2ccccc2c1. The molecule has 0 fully saturated rings. The topological polar surface area (TPSA) is 38.0 Å². The molecule has 0 spiro atoms. The number of hydrogen-bond acceptors (Lipinski definition) is 2. The van der Waals surface area contributed by atoms with Gasteiger partial charge in [0.15, 0.2) is 0 Å². The van der Waals surface area contributed by atoms with Gasteiger partial charge in [-0.25, -0.2) is 0 Å². The minimum Gasteiger partial charge on any atom is -0.397 e. The summed E-state index contributed by atoms with van der Waals surface area (Å²) in [6.07, 6.45) is 0. The van der Waals surface area contributed by atoms with Gasteiger partial charge in [-0.3, -0.25) is 0 Å². The second-order valence-electron chi connectivity index (χ2n) is 4.77. The molecule has 3 aromatic rings. The van der Waals surface area contributed by atoms with Crippen molar-refractivity contribution in [2.45, 2.75) is 6.54 Å². The molecule has 0 heterocycles. The maximum absolute atomic E-state index is 5.98. The molecule has 3 N–H and O–H groups in total. The van der Waals surface area contributed by atoms with E-state index < -0.39 is 0 Å². The van der Waals surface area contributed by atoms with Crippen LogP contribution in [0.15, 0.2) is 65.1 Å². The fourth-order valence-electron chi connectivity index (χ4n) is 2.24. The highest BCUT2D eigenvalue weighted by Crippen LogP contribution is 2.24. The van der Waals surface area contributed by atoms with Crippen molar-refractivity contribution in [2.75, 3.05) is 11.1 Å². The van der Waals surface area contributed by atoms with Crippen LogP contribution in [0.5, 0.6) is 0 Å². The van der Waals surface area contributed by atoms with E-state index in [0.717, 1.165) is 22.4 Å². The quantitative estimate of drug-likeness (QED) is 0.678. The van der Waals surface area contributed by atoms with Gasteiger partial charge in [-0.05, 0) is 40.6 Å². The number of nitrogen functional groups attached to an aromatic ring is 1. The molecule has 20 heavy (non-hydrogen) atoms. The molecular weight excluding hydrogens is 312 g/mol. The summed E-state index contributed by atoms with van der Waals surface area (Å²) in [6.45, 7) is 0.761. The summed E-state index contributed by atoms with van der Waals surface area (Å²) < 4.78 is 0.992. The van der Waals surface area contributed by atoms with Crippen LogP contribution in [0.4, 0.5) is 11.4 Å². The highest BCUT2D eigenvalue weighted by molar-refractivity contribution is 9.10. The Kier molecular flexibility index (Phi) is 3.61. The summed E-state index contributed by atoms with van der Waals surface area (Å²) in [7, 11) is 0. The van der Waals surface area contributed by atoms with Crippen molar-refractivity contribution in [3.05, 3.63) is 70.7 Å². The molecule has 0 atom stereocenters. The molecule has 0 radical (unpaired) electrons. The van der Waals surface area contributed by atoms with Crippen LogP contribution in [-0.2, 0) is 6.54 Å². The van der Waals surface area contributed by atoms with E-state index in [-0.39, 0.29) is 0 Å². The van der Waals surface area contributed by atoms with E-state index in [1.165, 1.54) is 16.3 Å². The minimum absolute atomic E-state index is 0.750. The zero-order valence-corrected chi connectivity index (χ0v) is 12.5. The monoisotopic (exact) mass is 326 g/mol. The van der Waals surface area contributed by atoms with Crippen LogP contribution >= 0.6 is 15.9 Å². The molecule has 0 bridgehead atoms. The van der Waals surface area contributed by atoms with Crippen molar-refractivity contribution in [1.29, 1.82) is 0 Å². The molecule has 3 rings (SSSR count). The molecule has 0 saturated heterocycles. The van der Waals surface area contributed by atoms with Crippen molar-refractivity contribution in [2.24, 2.45) is 0 Å². The Bertz CT molecular complexity index is 753. The van der Waals surface area contributed by atoms with Gasteiger partial charge in [-0.2, -0.15) is 0 Å². The maximum atomic E-state index is 5.98. The average Bonchev–Trinajstić information content (AvgIpc) is 2.46. The first-order valence-corrected chi connectivity index (χ1v) is 7.28. The summed E-state index contributed by atoms with van der Waals surface area (Å²) in [6, 6.07) is 20.8. The Labute approximate surface area is 126 Å². The third-order valence-electron chi connectivity index (χ3n) is 3.31. The molecule has 3 heteroatoms. The predicted octanol–water partition coefficient (Wildman–Crippen LogP) is 4.80. The summed E-state index contributed by atoms with van der Waals surface area (Å²) in [5.74, 6) is 0. The smallest absolute Gasteiger partial charge is 0.0577 e. The molecule has 0 saturated carbocycles. The Morgan fingerprint density at radius 2 is 1.70 bits per heavy atom. The molecule has 0 unspecified atom stereocenters. The molecule has 0 aliphatic rings. The van der Waals surface area contributed by atoms with Crippen LogP contribution in [0.3, 0.4) is 0 Å². The van der Waals surface area contributed by atoms with Gasteiger partial charge < -0.3 is 11.1 Å². The lowest BCUT2D eigenvalue weighted by molar-refractivity contribution is 1.16. The van der Waals surface area contributed by atoms with Gasteiger partial charge in [-0.1, -0.05) is 52.3 Å². The largest absolute Gasteiger partial charge is 0.397 e. The lowest BCUT2D eigenvalue weighted by atomic mass is 10.1. The minimum atomic E-state index is 0.750. The van der Waals surface area contributed by atoms with E-state index in [0.29, 0.717) is 0 Å². The lowest BCUT2D eigenvalue weighted by Crippen LogP contribution is -2.02. The number of nitrogens with two attached hydrogens (primary N) is 1. The average molecular weight is 327 g/mol. The number of anilines is 2. The number of fused-ring (bicyclic) bond motifs is 1. The number of benzene rings is 3. The maximum Gasteiger partial charge on any atom is 0.0577 e. The first-order chi connectivity index (χ1) is 9.72. The Hall–Kier alpha value is -2.00. The van der Waals surface area contributed by atoms with E-state index in [1.54, 1.807) is 0 Å². The normalized spacial score (nSPS) is 10.7. The number of rotatable bonds is 3. The van der Waals surface area contributed by atoms with E-state index in [4.69, 9.17) is 5.73 Å². The molecule has 0 aromatic heterocycles. The van der Waals surface area contributed by atoms with Gasteiger partial charge in [0.2, 0.25) is 0 Å². The Balaban J connectivity index is 1.79. The van der Waals surface area contributed by atoms with Gasteiger partial charge in [-0.15, -0.1) is 0 Å². The van der Waals surface area contributed by atoms with Gasteiger partial charge >= 0.3 is 0 Å². The predicted molar refractivity (Wildman–Crippen MR) is 89.8 cm³/mol. The van der Waals surface area contributed by atoms with Crippen molar-refractivity contribution < 1.29 is 0 Å². The van der Waals surface area contributed by atoms with Crippen LogP contribution in [0.25, 0.3) is 10.8 Å². The first kappa shape index (κ1) is 13.0. The highest BCUT2D eigenvalue weighted by atomic mass is 79.9. The fraction of sp³-hybridized carbons (Fsp3) is 0.0588. The molecule has 2 nitrogen and oxygen atoms in total. The van der Waals surface area contributed by atoms with Crippen molar-refractivity contribution in [3.63, 3.8) is 0 Å². The second kappa shape index (κ2) is 5.55. The van der Waals surface area contributed by atoms with Crippen LogP contribution in [0, 0.1) is 0 Å². The second-order valence-corrected chi connectivity index (χ2v) is 5.68. The Morgan fingerprint density at radius 1 is 0.900 bits per heavy atom. The van der Waals surface area contributed by atoms with E-state index in [2.05, 4.69) is 63.7 Å².